The summed E-state index contributed by atoms with van der Waals surface area (Å²) in [5.74, 6) is -0.517. The van der Waals surface area contributed by atoms with E-state index in [2.05, 4.69) is 60.4 Å². The maximum atomic E-state index is 13.8. The van der Waals surface area contributed by atoms with Gasteiger partial charge in [-0.3, -0.25) is 9.80 Å². The van der Waals surface area contributed by atoms with Crippen molar-refractivity contribution in [3.63, 3.8) is 0 Å². The molecule has 0 aliphatic carbocycles. The molecule has 552 valence electrons. The quantitative estimate of drug-likeness (QED) is 0.0596. The van der Waals surface area contributed by atoms with Gasteiger partial charge in [-0.05, 0) is 173 Å². The number of alkyl halides is 2. The summed E-state index contributed by atoms with van der Waals surface area (Å²) < 4.78 is 0. The molecule has 105 heavy (non-hydrogen) atoms. The third kappa shape index (κ3) is 28.2. The van der Waals surface area contributed by atoms with Gasteiger partial charge in [0.2, 0.25) is 0 Å². The average molecular weight is 1540 g/mol. The van der Waals surface area contributed by atoms with E-state index in [9.17, 15) is 40.9 Å². The van der Waals surface area contributed by atoms with Crippen LogP contribution in [0.4, 0.5) is 0 Å². The largest absolute Gasteiger partial charge is 4.00 e. The van der Waals surface area contributed by atoms with E-state index in [1.165, 1.54) is 19.2 Å². The SMILES string of the molecule is CC(C)[O-].CC(C)[O-].CC(C)[O-].CC(C)[O-].Cc1cc(CN(CCN(C)C)Cc2cc(C)cc(-n3nc4ccccc4n3)c2[O-])c([O-])c(-n2nc3ccccc3n2)c1.Cc1cc(CN(CCN(C)C)Cc2cc(C)cc(-n3nc4ccccc4n3)c2[O-])c([O-])c(-n2nc3ccccc3n2)c1.ClCCl.[Ti+4].[Ti+4]. The topological polar surface area (TPSA) is 320 Å². The molecule has 0 aliphatic rings. The van der Waals surface area contributed by atoms with Crippen LogP contribution in [0.25, 0.3) is 66.9 Å². The van der Waals surface area contributed by atoms with Gasteiger partial charge in [0.25, 0.3) is 0 Å². The molecule has 0 N–H and O–H groups in total. The second-order valence-corrected chi connectivity index (χ2v) is 27.1. The first-order chi connectivity index (χ1) is 48.8. The number of benzene rings is 8. The molecule has 28 heteroatoms. The second-order valence-electron chi connectivity index (χ2n) is 26.3. The van der Waals surface area contributed by atoms with Crippen LogP contribution in [0.15, 0.2) is 146 Å². The number of aryl methyl sites for hydroxylation is 4. The van der Waals surface area contributed by atoms with E-state index < -0.39 is 24.4 Å². The first-order valence-electron chi connectivity index (χ1n) is 33.9. The minimum atomic E-state index is -0.417. The zero-order valence-electron chi connectivity index (χ0n) is 62.7. The van der Waals surface area contributed by atoms with Gasteiger partial charge in [0.15, 0.2) is 0 Å². The van der Waals surface area contributed by atoms with Gasteiger partial charge >= 0.3 is 43.4 Å². The molecule has 0 aliphatic heterocycles. The first kappa shape index (κ1) is 89.6. The van der Waals surface area contributed by atoms with Crippen LogP contribution < -0.4 is 40.9 Å². The van der Waals surface area contributed by atoms with Crippen LogP contribution in [0.1, 0.15) is 99.9 Å². The van der Waals surface area contributed by atoms with E-state index in [1.807, 2.05) is 201 Å². The Labute approximate surface area is 655 Å². The number of rotatable bonds is 18. The summed E-state index contributed by atoms with van der Waals surface area (Å²) in [6.45, 7) is 25.1. The minimum Gasteiger partial charge on any atom is -0.871 e. The third-order valence-corrected chi connectivity index (χ3v) is 14.5. The fourth-order valence-corrected chi connectivity index (χ4v) is 10.3. The monoisotopic (exact) mass is 1540 g/mol. The molecule has 4 aromatic heterocycles. The maximum Gasteiger partial charge on any atom is 4.00 e. The van der Waals surface area contributed by atoms with E-state index in [0.717, 1.165) is 79.5 Å². The van der Waals surface area contributed by atoms with Crippen LogP contribution in [0.2, 0.25) is 0 Å². The van der Waals surface area contributed by atoms with Crippen LogP contribution >= 0.6 is 23.2 Å². The van der Waals surface area contributed by atoms with Crippen molar-refractivity contribution in [1.29, 1.82) is 0 Å². The Bertz CT molecular complexity index is 3920. The molecule has 12 rings (SSSR count). The summed E-state index contributed by atoms with van der Waals surface area (Å²) in [4.78, 5) is 14.2. The molecule has 8 aromatic carbocycles. The van der Waals surface area contributed by atoms with Gasteiger partial charge < -0.3 is 50.7 Å². The van der Waals surface area contributed by atoms with Crippen LogP contribution in [-0.4, -0.2) is 164 Å². The predicted octanol–water partition coefficient (Wildman–Crippen LogP) is 7.40. The van der Waals surface area contributed by atoms with Gasteiger partial charge in [-0.1, -0.05) is 151 Å². The normalized spacial score (nSPS) is 11.0. The second kappa shape index (κ2) is 43.8. The van der Waals surface area contributed by atoms with Crippen molar-refractivity contribution in [2.45, 2.75) is 134 Å². The van der Waals surface area contributed by atoms with Crippen LogP contribution in [0, 0.1) is 27.7 Å². The summed E-state index contributed by atoms with van der Waals surface area (Å²) in [7, 11) is 8.03. The Hall–Kier alpha value is -7.75. The van der Waals surface area contributed by atoms with Gasteiger partial charge in [-0.15, -0.1) is 88.4 Å². The summed E-state index contributed by atoms with van der Waals surface area (Å²) in [5, 5.41) is 130. The number of aromatic nitrogens is 12. The molecule has 0 bridgehead atoms. The molecule has 0 saturated heterocycles. The Balaban J connectivity index is 0.000000352. The number of nitrogens with zero attached hydrogens (tertiary/aromatic N) is 16. The van der Waals surface area contributed by atoms with Gasteiger partial charge in [0.1, 0.15) is 44.1 Å². The van der Waals surface area contributed by atoms with Crippen LogP contribution in [-0.2, 0) is 69.6 Å². The summed E-state index contributed by atoms with van der Waals surface area (Å²) in [6, 6.07) is 45.1. The standard InChI is InChI=1S/2C32H34N8O2.4C3H7O.CH2Cl2.2Ti/c2*1-21-15-23(31(41)29(17-21)39-33-25-9-5-6-10-26(25)34-39)19-38(14-13-37(3)4)20-24-16-22(2)18-30(32(24)42)40-35-27-11-7-8-12-28(27)36-40;4*1-3(2)4;2-1-3;;/h2*5-12,15-18,41-42H,13-14,19-20H2,1-4H3;4*3H,1-2H3;1H2;;/q;;4*-1;;2*+4/p-4. The minimum absolute atomic E-state index is 0. The zero-order chi connectivity index (χ0) is 75.8. The van der Waals surface area contributed by atoms with Gasteiger partial charge in [0.05, 0.1) is 28.1 Å². The van der Waals surface area contributed by atoms with Gasteiger partial charge in [-0.25, -0.2) is 0 Å². The Morgan fingerprint density at radius 2 is 0.467 bits per heavy atom. The number of hydrogen-bond acceptors (Lipinski definition) is 20. The Kier molecular flexibility index (Phi) is 37.4. The molecule has 4 heterocycles. The molecule has 0 unspecified atom stereocenters. The summed E-state index contributed by atoms with van der Waals surface area (Å²) in [5.41, 5.74) is 13.7. The van der Waals surface area contributed by atoms with Crippen molar-refractivity contribution >= 4 is 67.3 Å². The van der Waals surface area contributed by atoms with Crippen molar-refractivity contribution in [3.05, 3.63) is 190 Å². The van der Waals surface area contributed by atoms with E-state index in [-0.39, 0.29) is 71.8 Å². The number of hydrogen-bond donors (Lipinski definition) is 0. The molecule has 0 spiro atoms. The first-order valence-corrected chi connectivity index (χ1v) is 34.9. The van der Waals surface area contributed by atoms with Crippen LogP contribution in [0.5, 0.6) is 23.0 Å². The van der Waals surface area contributed by atoms with E-state index in [4.69, 9.17) is 23.2 Å². The molecule has 0 saturated carbocycles. The fourth-order valence-electron chi connectivity index (χ4n) is 10.3. The smallest absolute Gasteiger partial charge is 0.871 e. The molecule has 0 amide bonds. The van der Waals surface area contributed by atoms with Crippen molar-refractivity contribution in [2.75, 3.05) is 59.7 Å². The van der Waals surface area contributed by atoms with E-state index >= 15 is 0 Å². The van der Waals surface area contributed by atoms with Gasteiger partial charge in [-0.2, -0.15) is 19.2 Å². The number of halogens is 2. The van der Waals surface area contributed by atoms with Gasteiger partial charge in [0, 0.05) is 52.4 Å². The van der Waals surface area contributed by atoms with Crippen molar-refractivity contribution in [2.24, 2.45) is 0 Å². The molecule has 0 fully saturated rings. The molecular weight excluding hydrogens is 1440 g/mol. The Morgan fingerprint density at radius 1 is 0.314 bits per heavy atom. The van der Waals surface area contributed by atoms with Crippen molar-refractivity contribution in [1.82, 2.24) is 79.6 Å². The fraction of sp³-hybridized carbons (Fsp3) is 0.377. The maximum absolute atomic E-state index is 13.8. The van der Waals surface area contributed by atoms with Crippen molar-refractivity contribution in [3.8, 4) is 45.7 Å². The average Bonchev–Trinajstić information content (AvgIpc) is 1.35. The number of likely N-dealkylation sites (N-methyl/N-ethyl adjacent to an activating group) is 2. The third-order valence-electron chi connectivity index (χ3n) is 14.5. The summed E-state index contributed by atoms with van der Waals surface area (Å²) in [6.07, 6.45) is -1.67. The van der Waals surface area contributed by atoms with E-state index in [0.29, 0.717) is 84.3 Å². The molecule has 0 atom stereocenters. The predicted molar refractivity (Wildman–Crippen MR) is 395 cm³/mol. The molecular formula is C77H94Cl2N16O8Ti2. The number of fused-ring (bicyclic) bond motifs is 4. The summed E-state index contributed by atoms with van der Waals surface area (Å²) >= 11 is 9.53. The zero-order valence-corrected chi connectivity index (χ0v) is 67.3. The Morgan fingerprint density at radius 3 is 0.610 bits per heavy atom. The molecule has 0 radical (unpaired) electrons. The van der Waals surface area contributed by atoms with Crippen LogP contribution in [0.3, 0.4) is 0 Å². The molecule has 24 nitrogen and oxygen atoms in total. The van der Waals surface area contributed by atoms with E-state index in [1.54, 1.807) is 55.4 Å². The molecule has 12 aromatic rings. The van der Waals surface area contributed by atoms with Crippen molar-refractivity contribution < 1.29 is 84.3 Å².